The van der Waals surface area contributed by atoms with Gasteiger partial charge in [0.15, 0.2) is 0 Å². The molecule has 1 fully saturated rings. The number of aromatic hydroxyl groups is 1. The van der Waals surface area contributed by atoms with Gasteiger partial charge in [-0.1, -0.05) is 6.07 Å². The summed E-state index contributed by atoms with van der Waals surface area (Å²) in [6.07, 6.45) is 2.06. The third-order valence-corrected chi connectivity index (χ3v) is 4.08. The molecule has 4 heteroatoms. The van der Waals surface area contributed by atoms with Crippen molar-refractivity contribution >= 4 is 11.8 Å². The van der Waals surface area contributed by atoms with Crippen molar-refractivity contribution in [3.63, 3.8) is 0 Å². The molecular weight excluding hydrogens is 232 g/mol. The van der Waals surface area contributed by atoms with Crippen LogP contribution in [0, 0.1) is 6.92 Å². The van der Waals surface area contributed by atoms with Gasteiger partial charge >= 0.3 is 0 Å². The Morgan fingerprint density at radius 1 is 1.35 bits per heavy atom. The number of nitrogens with zero attached hydrogens (tertiary/aromatic N) is 1. The molecule has 2 rings (SSSR count). The van der Waals surface area contributed by atoms with E-state index in [0.717, 1.165) is 43.9 Å². The van der Waals surface area contributed by atoms with Crippen molar-refractivity contribution in [2.75, 3.05) is 32.4 Å². The van der Waals surface area contributed by atoms with Crippen molar-refractivity contribution < 1.29 is 5.11 Å². The van der Waals surface area contributed by atoms with E-state index in [1.54, 1.807) is 11.8 Å². The van der Waals surface area contributed by atoms with E-state index < -0.39 is 0 Å². The molecule has 1 saturated heterocycles. The molecule has 1 aliphatic heterocycles. The van der Waals surface area contributed by atoms with E-state index >= 15 is 0 Å². The van der Waals surface area contributed by atoms with Crippen LogP contribution in [0.25, 0.3) is 0 Å². The fraction of sp³-hybridized carbons (Fsp3) is 0.538. The summed E-state index contributed by atoms with van der Waals surface area (Å²) in [4.78, 5) is 3.58. The van der Waals surface area contributed by atoms with Gasteiger partial charge < -0.3 is 10.4 Å². The van der Waals surface area contributed by atoms with Crippen LogP contribution in [0.2, 0.25) is 0 Å². The molecule has 1 heterocycles. The topological polar surface area (TPSA) is 35.5 Å². The zero-order chi connectivity index (χ0) is 12.3. The lowest BCUT2D eigenvalue weighted by Gasteiger charge is -2.28. The number of benzene rings is 1. The van der Waals surface area contributed by atoms with E-state index in [9.17, 15) is 5.11 Å². The monoisotopic (exact) mass is 252 g/mol. The molecular formula is C13H20N2OS. The first-order chi connectivity index (χ1) is 8.22. The normalized spacial score (nSPS) is 17.3. The zero-order valence-electron chi connectivity index (χ0n) is 10.5. The van der Waals surface area contributed by atoms with Gasteiger partial charge in [-0.15, -0.1) is 11.8 Å². The number of hydrogen-bond acceptors (Lipinski definition) is 4. The summed E-state index contributed by atoms with van der Waals surface area (Å²) in [5, 5.41) is 13.5. The lowest BCUT2D eigenvalue weighted by molar-refractivity contribution is 0.229. The molecule has 0 atom stereocenters. The minimum Gasteiger partial charge on any atom is -0.507 e. The van der Waals surface area contributed by atoms with Crippen molar-refractivity contribution in [3.05, 3.63) is 23.3 Å². The molecule has 0 bridgehead atoms. The first-order valence-corrected chi connectivity index (χ1v) is 7.23. The number of phenolic OH excluding ortho intramolecular Hbond substituents is 1. The summed E-state index contributed by atoms with van der Waals surface area (Å²) in [5.74, 6) is 0.468. The molecule has 3 nitrogen and oxygen atoms in total. The minimum atomic E-state index is 0.468. The van der Waals surface area contributed by atoms with Crippen LogP contribution < -0.4 is 5.32 Å². The summed E-state index contributed by atoms with van der Waals surface area (Å²) in [6.45, 7) is 7.01. The summed E-state index contributed by atoms with van der Waals surface area (Å²) < 4.78 is 0. The van der Waals surface area contributed by atoms with Crippen molar-refractivity contribution in [2.45, 2.75) is 18.4 Å². The molecule has 17 heavy (non-hydrogen) atoms. The molecule has 0 amide bonds. The Morgan fingerprint density at radius 3 is 2.71 bits per heavy atom. The largest absolute Gasteiger partial charge is 0.507 e. The van der Waals surface area contributed by atoms with Crippen molar-refractivity contribution in [2.24, 2.45) is 0 Å². The molecule has 0 saturated carbocycles. The van der Waals surface area contributed by atoms with Gasteiger partial charge in [-0.05, 0) is 24.8 Å². The zero-order valence-corrected chi connectivity index (χ0v) is 11.3. The van der Waals surface area contributed by atoms with Gasteiger partial charge in [0.2, 0.25) is 0 Å². The average molecular weight is 252 g/mol. The van der Waals surface area contributed by atoms with Crippen molar-refractivity contribution in [3.8, 4) is 5.75 Å². The number of hydrogen-bond donors (Lipinski definition) is 2. The second kappa shape index (κ2) is 5.76. The Morgan fingerprint density at radius 2 is 2.06 bits per heavy atom. The predicted octanol–water partition coefficient (Wildman–Crippen LogP) is 1.83. The van der Waals surface area contributed by atoms with Crippen LogP contribution in [0.3, 0.4) is 0 Å². The molecule has 1 aromatic carbocycles. The Hall–Kier alpha value is -0.710. The van der Waals surface area contributed by atoms with Crippen molar-refractivity contribution in [1.82, 2.24) is 10.2 Å². The fourth-order valence-electron chi connectivity index (χ4n) is 2.17. The van der Waals surface area contributed by atoms with Crippen molar-refractivity contribution in [1.29, 1.82) is 0 Å². The third-order valence-electron chi connectivity index (χ3n) is 3.25. The first-order valence-electron chi connectivity index (χ1n) is 6.01. The second-order valence-corrected chi connectivity index (χ2v) is 5.29. The lowest BCUT2D eigenvalue weighted by atomic mass is 10.1. The van der Waals surface area contributed by atoms with Gasteiger partial charge in [0.1, 0.15) is 5.75 Å². The molecule has 1 aliphatic rings. The standard InChI is InChI=1S/C13H20N2OS/c1-10-3-4-12(17-2)11(13(10)16)9-15-7-5-14-6-8-15/h3-4,14,16H,5-9H2,1-2H3. The van der Waals surface area contributed by atoms with Crippen LogP contribution in [-0.4, -0.2) is 42.4 Å². The van der Waals surface area contributed by atoms with Crippen LogP contribution >= 0.6 is 11.8 Å². The highest BCUT2D eigenvalue weighted by molar-refractivity contribution is 7.98. The number of thioether (sulfide) groups is 1. The average Bonchev–Trinajstić information content (AvgIpc) is 2.37. The van der Waals surface area contributed by atoms with E-state index in [-0.39, 0.29) is 0 Å². The molecule has 94 valence electrons. The molecule has 0 aliphatic carbocycles. The highest BCUT2D eigenvalue weighted by atomic mass is 32.2. The van der Waals surface area contributed by atoms with Gasteiger partial charge in [0.25, 0.3) is 0 Å². The van der Waals surface area contributed by atoms with Crippen LogP contribution in [0.4, 0.5) is 0 Å². The smallest absolute Gasteiger partial charge is 0.124 e. The predicted molar refractivity (Wildman–Crippen MR) is 72.8 cm³/mol. The third kappa shape index (κ3) is 2.94. The summed E-state index contributed by atoms with van der Waals surface area (Å²) >= 11 is 1.70. The molecule has 0 unspecified atom stereocenters. The maximum absolute atomic E-state index is 10.2. The first kappa shape index (κ1) is 12.7. The maximum Gasteiger partial charge on any atom is 0.124 e. The van der Waals surface area contributed by atoms with Gasteiger partial charge in [-0.25, -0.2) is 0 Å². The van der Waals surface area contributed by atoms with Crippen LogP contribution in [0.15, 0.2) is 17.0 Å². The molecule has 0 aromatic heterocycles. The number of piperazine rings is 1. The molecule has 0 spiro atoms. The Labute approximate surface area is 107 Å². The molecule has 1 aromatic rings. The highest BCUT2D eigenvalue weighted by Gasteiger charge is 2.15. The second-order valence-electron chi connectivity index (χ2n) is 4.44. The number of rotatable bonds is 3. The van der Waals surface area contributed by atoms with Gasteiger partial charge in [0.05, 0.1) is 0 Å². The van der Waals surface area contributed by atoms with E-state index in [0.29, 0.717) is 5.75 Å². The summed E-state index contributed by atoms with van der Waals surface area (Å²) in [6, 6.07) is 4.10. The molecule has 2 N–H and O–H groups in total. The Bertz CT molecular complexity index is 389. The van der Waals surface area contributed by atoms with Gasteiger partial charge in [0, 0.05) is 43.2 Å². The fourth-order valence-corrected chi connectivity index (χ4v) is 2.78. The minimum absolute atomic E-state index is 0.468. The van der Waals surface area contributed by atoms with Crippen LogP contribution in [0.5, 0.6) is 5.75 Å². The van der Waals surface area contributed by atoms with Crippen LogP contribution in [-0.2, 0) is 6.54 Å². The maximum atomic E-state index is 10.2. The van der Waals surface area contributed by atoms with E-state index in [1.165, 1.54) is 4.90 Å². The van der Waals surface area contributed by atoms with Gasteiger partial charge in [-0.2, -0.15) is 0 Å². The van der Waals surface area contributed by atoms with E-state index in [4.69, 9.17) is 0 Å². The molecule has 0 radical (unpaired) electrons. The number of phenols is 1. The summed E-state index contributed by atoms with van der Waals surface area (Å²) in [5.41, 5.74) is 2.05. The van der Waals surface area contributed by atoms with Crippen LogP contribution in [0.1, 0.15) is 11.1 Å². The Balaban J connectivity index is 2.20. The van der Waals surface area contributed by atoms with E-state index in [2.05, 4.69) is 22.5 Å². The quantitative estimate of drug-likeness (QED) is 0.805. The van der Waals surface area contributed by atoms with E-state index in [1.807, 2.05) is 13.0 Å². The summed E-state index contributed by atoms with van der Waals surface area (Å²) in [7, 11) is 0. The number of nitrogens with one attached hydrogen (secondary N) is 1. The van der Waals surface area contributed by atoms with Gasteiger partial charge in [-0.3, -0.25) is 4.90 Å². The highest BCUT2D eigenvalue weighted by Crippen LogP contribution is 2.32. The SMILES string of the molecule is CSc1ccc(C)c(O)c1CN1CCNCC1. The number of aryl methyl sites for hydroxylation is 1. The lowest BCUT2D eigenvalue weighted by Crippen LogP contribution is -2.43. The Kier molecular flexibility index (Phi) is 4.31.